The van der Waals surface area contributed by atoms with Gasteiger partial charge < -0.3 is 0 Å². The fraction of sp³-hybridized carbons (Fsp3) is 0.222. The first-order chi connectivity index (χ1) is 7.02. The van der Waals surface area contributed by atoms with Crippen LogP contribution in [-0.2, 0) is 0 Å². The molecule has 1 rings (SSSR count). The van der Waals surface area contributed by atoms with Gasteiger partial charge in [-0.15, -0.1) is 0 Å². The molecule has 0 N–H and O–H groups in total. The molecule has 0 amide bonds. The zero-order valence-electron chi connectivity index (χ0n) is 8.16. The van der Waals surface area contributed by atoms with Crippen LogP contribution in [0.15, 0.2) is 18.2 Å². The van der Waals surface area contributed by atoms with E-state index in [1.807, 2.05) is 13.8 Å². The number of nitrogens with zero attached hydrogens (tertiary/aromatic N) is 1. The Bertz CT molecular complexity index is 382. The van der Waals surface area contributed by atoms with Gasteiger partial charge in [0.05, 0.1) is 4.92 Å². The monoisotopic (exact) mass is 233 g/mol. The molecule has 4 nitrogen and oxygen atoms in total. The number of nitro groups is 1. The van der Waals surface area contributed by atoms with E-state index in [0.29, 0.717) is 0 Å². The number of halogens is 2. The Morgan fingerprint density at radius 3 is 2.40 bits per heavy atom. The van der Waals surface area contributed by atoms with Crippen molar-refractivity contribution in [1.29, 1.82) is 0 Å². The van der Waals surface area contributed by atoms with Gasteiger partial charge in [-0.3, -0.25) is 14.9 Å². The van der Waals surface area contributed by atoms with E-state index in [0.717, 1.165) is 18.2 Å². The number of hydrogen-bond donors (Lipinski definition) is 0. The molecule has 0 saturated carbocycles. The van der Waals surface area contributed by atoms with Crippen molar-refractivity contribution in [2.45, 2.75) is 13.8 Å². The van der Waals surface area contributed by atoms with Gasteiger partial charge in [-0.05, 0) is 23.7 Å². The summed E-state index contributed by atoms with van der Waals surface area (Å²) in [6.07, 6.45) is 0. The number of nitro benzene ring substituents is 1. The molecule has 82 valence electrons. The molecular formula is C9H9ClFNO3. The lowest BCUT2D eigenvalue weighted by Crippen LogP contribution is -1.96. The summed E-state index contributed by atoms with van der Waals surface area (Å²) in [7, 11) is 0. The van der Waals surface area contributed by atoms with Crippen LogP contribution in [-0.4, -0.2) is 10.2 Å². The smallest absolute Gasteiger partial charge is 0.276 e. The largest absolute Gasteiger partial charge is 0.305 e. The van der Waals surface area contributed by atoms with Crippen molar-refractivity contribution in [3.8, 4) is 0 Å². The van der Waals surface area contributed by atoms with Gasteiger partial charge in [-0.2, -0.15) is 4.39 Å². The van der Waals surface area contributed by atoms with Crippen molar-refractivity contribution >= 4 is 22.5 Å². The van der Waals surface area contributed by atoms with Gasteiger partial charge in [0, 0.05) is 11.6 Å². The fourth-order valence-corrected chi connectivity index (χ4v) is 0.892. The normalized spacial score (nSPS) is 8.80. The summed E-state index contributed by atoms with van der Waals surface area (Å²) in [5, 5.41) is 9.35. The Kier molecular flexibility index (Phi) is 5.48. The van der Waals surface area contributed by atoms with Crippen molar-refractivity contribution in [1.82, 2.24) is 0 Å². The summed E-state index contributed by atoms with van der Waals surface area (Å²) < 4.78 is 12.7. The highest BCUT2D eigenvalue weighted by Gasteiger charge is 2.16. The summed E-state index contributed by atoms with van der Waals surface area (Å²) in [6.45, 7) is 4.00. The molecule has 0 fully saturated rings. The predicted molar refractivity (Wildman–Crippen MR) is 54.6 cm³/mol. The summed E-state index contributed by atoms with van der Waals surface area (Å²) in [4.78, 5) is 19.8. The third kappa shape index (κ3) is 3.63. The highest BCUT2D eigenvalue weighted by molar-refractivity contribution is 6.67. The third-order valence-corrected chi connectivity index (χ3v) is 1.59. The second-order valence-corrected chi connectivity index (χ2v) is 2.54. The number of rotatable bonds is 2. The summed E-state index contributed by atoms with van der Waals surface area (Å²) in [5.74, 6) is -0.994. The van der Waals surface area contributed by atoms with E-state index >= 15 is 0 Å². The van der Waals surface area contributed by atoms with E-state index in [-0.39, 0.29) is 5.56 Å². The molecule has 0 bridgehead atoms. The van der Waals surface area contributed by atoms with E-state index in [1.54, 1.807) is 0 Å². The molecule has 0 aliphatic carbocycles. The minimum Gasteiger partial charge on any atom is -0.276 e. The maximum absolute atomic E-state index is 12.7. The molecule has 0 atom stereocenters. The molecule has 1 aromatic carbocycles. The molecular weight excluding hydrogens is 225 g/mol. The van der Waals surface area contributed by atoms with E-state index in [4.69, 9.17) is 11.6 Å². The average Bonchev–Trinajstić information content (AvgIpc) is 2.20. The number of carbonyl (C=O) groups is 1. The van der Waals surface area contributed by atoms with Crippen molar-refractivity contribution in [3.05, 3.63) is 39.7 Å². The highest BCUT2D eigenvalue weighted by atomic mass is 35.5. The highest BCUT2D eigenvalue weighted by Crippen LogP contribution is 2.19. The van der Waals surface area contributed by atoms with E-state index < -0.39 is 21.7 Å². The first-order valence-corrected chi connectivity index (χ1v) is 4.54. The molecule has 0 radical (unpaired) electrons. The van der Waals surface area contributed by atoms with Crippen LogP contribution in [0.3, 0.4) is 0 Å². The summed E-state index contributed by atoms with van der Waals surface area (Å²) >= 11 is 5.05. The van der Waals surface area contributed by atoms with Crippen LogP contribution in [0.25, 0.3) is 0 Å². The lowest BCUT2D eigenvalue weighted by molar-refractivity contribution is -0.387. The first-order valence-electron chi connectivity index (χ1n) is 4.16. The molecule has 1 aromatic rings. The minimum atomic E-state index is -0.994. The van der Waals surface area contributed by atoms with E-state index in [2.05, 4.69) is 0 Å². The SMILES string of the molecule is CC.O=C(Cl)c1ccc(F)c([N+](=O)[O-])c1. The second kappa shape index (κ2) is 6.08. The molecule has 0 aliphatic heterocycles. The Labute approximate surface area is 90.8 Å². The molecule has 0 heterocycles. The predicted octanol–water partition coefficient (Wildman–Crippen LogP) is 3.14. The lowest BCUT2D eigenvalue weighted by atomic mass is 10.2. The second-order valence-electron chi connectivity index (χ2n) is 2.20. The molecule has 6 heteroatoms. The Balaban J connectivity index is 0.000000921. The average molecular weight is 234 g/mol. The fourth-order valence-electron chi connectivity index (χ4n) is 0.775. The quantitative estimate of drug-likeness (QED) is 0.448. The molecule has 0 aliphatic rings. The van der Waals surface area contributed by atoms with Crippen LogP contribution < -0.4 is 0 Å². The zero-order valence-corrected chi connectivity index (χ0v) is 8.92. The third-order valence-electron chi connectivity index (χ3n) is 1.37. The van der Waals surface area contributed by atoms with Crippen LogP contribution in [0, 0.1) is 15.9 Å². The van der Waals surface area contributed by atoms with Crippen molar-refractivity contribution in [3.63, 3.8) is 0 Å². The van der Waals surface area contributed by atoms with Gasteiger partial charge in [0.1, 0.15) is 0 Å². The van der Waals surface area contributed by atoms with Gasteiger partial charge in [-0.1, -0.05) is 13.8 Å². The topological polar surface area (TPSA) is 60.2 Å². The van der Waals surface area contributed by atoms with Gasteiger partial charge in [0.25, 0.3) is 5.24 Å². The molecule has 0 unspecified atom stereocenters. The van der Waals surface area contributed by atoms with Crippen LogP contribution >= 0.6 is 11.6 Å². The van der Waals surface area contributed by atoms with Gasteiger partial charge >= 0.3 is 5.69 Å². The Morgan fingerprint density at radius 2 is 2.00 bits per heavy atom. The van der Waals surface area contributed by atoms with Crippen molar-refractivity contribution in [2.24, 2.45) is 0 Å². The first kappa shape index (κ1) is 13.5. The van der Waals surface area contributed by atoms with E-state index in [9.17, 15) is 19.3 Å². The van der Waals surface area contributed by atoms with Crippen LogP contribution in [0.2, 0.25) is 0 Å². The summed E-state index contributed by atoms with van der Waals surface area (Å²) in [5.41, 5.74) is -0.860. The number of hydrogen-bond acceptors (Lipinski definition) is 3. The maximum atomic E-state index is 12.7. The van der Waals surface area contributed by atoms with Crippen molar-refractivity contribution in [2.75, 3.05) is 0 Å². The van der Waals surface area contributed by atoms with Gasteiger partial charge in [0.15, 0.2) is 0 Å². The number of carbonyl (C=O) groups excluding carboxylic acids is 1. The maximum Gasteiger partial charge on any atom is 0.305 e. The Hall–Kier alpha value is -1.49. The van der Waals surface area contributed by atoms with Crippen LogP contribution in [0.1, 0.15) is 24.2 Å². The minimum absolute atomic E-state index is 0.102. The molecule has 0 aromatic heterocycles. The van der Waals surface area contributed by atoms with Crippen LogP contribution in [0.5, 0.6) is 0 Å². The molecule has 0 saturated heterocycles. The Morgan fingerprint density at radius 1 is 1.47 bits per heavy atom. The summed E-state index contributed by atoms with van der Waals surface area (Å²) in [6, 6.07) is 2.70. The van der Waals surface area contributed by atoms with Crippen molar-refractivity contribution < 1.29 is 14.1 Å². The zero-order chi connectivity index (χ0) is 12.0. The number of benzene rings is 1. The van der Waals surface area contributed by atoms with Gasteiger partial charge in [-0.25, -0.2) is 0 Å². The lowest BCUT2D eigenvalue weighted by Gasteiger charge is -1.95. The standard InChI is InChI=1S/C7H3ClFNO3.C2H6/c8-7(11)4-1-2-5(9)6(3-4)10(12)13;1-2/h1-3H;1-2H3. The van der Waals surface area contributed by atoms with E-state index in [1.165, 1.54) is 0 Å². The van der Waals surface area contributed by atoms with Crippen LogP contribution in [0.4, 0.5) is 10.1 Å². The van der Waals surface area contributed by atoms with Gasteiger partial charge in [0.2, 0.25) is 5.82 Å². The molecule has 15 heavy (non-hydrogen) atoms. The molecule has 0 spiro atoms.